The lowest BCUT2D eigenvalue weighted by Crippen LogP contribution is -2.23. The molecule has 0 atom stereocenters. The van der Waals surface area contributed by atoms with Crippen LogP contribution in [0, 0.1) is 0 Å². The molecule has 0 saturated carbocycles. The molecule has 102 valence electrons. The van der Waals surface area contributed by atoms with Crippen molar-refractivity contribution in [2.45, 2.75) is 58.8 Å². The third-order valence-electron chi connectivity index (χ3n) is 2.90. The number of hydrogen-bond acceptors (Lipinski definition) is 3. The molecule has 0 radical (unpaired) electrons. The molecule has 0 fully saturated rings. The molecule has 17 heavy (non-hydrogen) atoms. The van der Waals surface area contributed by atoms with Gasteiger partial charge in [-0.3, -0.25) is 4.79 Å². The van der Waals surface area contributed by atoms with E-state index in [-0.39, 0.29) is 5.97 Å². The normalized spacial score (nSPS) is 10.8. The fourth-order valence-corrected chi connectivity index (χ4v) is 1.79. The minimum absolute atomic E-state index is 0.0812. The first-order valence-corrected chi connectivity index (χ1v) is 7.04. The standard InChI is InChI=1S/C14H29NO2/c1-4-6-7-8-9-10-12-15(3)13-11-14(16)17-5-2/h4-13H2,1-3H3. The first-order valence-electron chi connectivity index (χ1n) is 7.04. The van der Waals surface area contributed by atoms with Gasteiger partial charge in [-0.2, -0.15) is 0 Å². The highest BCUT2D eigenvalue weighted by Crippen LogP contribution is 2.05. The van der Waals surface area contributed by atoms with Crippen LogP contribution in [0.3, 0.4) is 0 Å². The molecular weight excluding hydrogens is 214 g/mol. The maximum absolute atomic E-state index is 11.1. The maximum Gasteiger partial charge on any atom is 0.307 e. The number of carbonyl (C=O) groups is 1. The molecule has 3 heteroatoms. The zero-order valence-electron chi connectivity index (χ0n) is 11.8. The summed E-state index contributed by atoms with van der Waals surface area (Å²) in [5.74, 6) is -0.0812. The van der Waals surface area contributed by atoms with Crippen LogP contribution in [0.25, 0.3) is 0 Å². The van der Waals surface area contributed by atoms with Gasteiger partial charge in [0.25, 0.3) is 0 Å². The van der Waals surface area contributed by atoms with Gasteiger partial charge in [0, 0.05) is 6.54 Å². The molecule has 0 aromatic heterocycles. The molecule has 0 rings (SSSR count). The van der Waals surface area contributed by atoms with Crippen molar-refractivity contribution in [1.29, 1.82) is 0 Å². The molecule has 0 aliphatic heterocycles. The predicted molar refractivity (Wildman–Crippen MR) is 72.1 cm³/mol. The van der Waals surface area contributed by atoms with E-state index in [0.717, 1.165) is 13.1 Å². The second-order valence-electron chi connectivity index (χ2n) is 4.63. The lowest BCUT2D eigenvalue weighted by Gasteiger charge is -2.15. The third kappa shape index (κ3) is 11.7. The molecule has 0 amide bonds. The molecule has 0 unspecified atom stereocenters. The topological polar surface area (TPSA) is 29.5 Å². The van der Waals surface area contributed by atoms with Crippen LogP contribution in [0.2, 0.25) is 0 Å². The largest absolute Gasteiger partial charge is 0.466 e. The minimum atomic E-state index is -0.0812. The highest BCUT2D eigenvalue weighted by atomic mass is 16.5. The summed E-state index contributed by atoms with van der Waals surface area (Å²) >= 11 is 0. The fourth-order valence-electron chi connectivity index (χ4n) is 1.79. The average Bonchev–Trinajstić information content (AvgIpc) is 2.31. The molecular formula is C14H29NO2. The van der Waals surface area contributed by atoms with Crippen LogP contribution in [0.5, 0.6) is 0 Å². The number of unbranched alkanes of at least 4 members (excludes halogenated alkanes) is 5. The number of hydrogen-bond donors (Lipinski definition) is 0. The van der Waals surface area contributed by atoms with Crippen LogP contribution in [0.1, 0.15) is 58.8 Å². The summed E-state index contributed by atoms with van der Waals surface area (Å²) in [7, 11) is 2.07. The Balaban J connectivity index is 3.28. The Hall–Kier alpha value is -0.570. The number of esters is 1. The van der Waals surface area contributed by atoms with E-state index in [2.05, 4.69) is 18.9 Å². The van der Waals surface area contributed by atoms with E-state index in [1.807, 2.05) is 6.92 Å². The minimum Gasteiger partial charge on any atom is -0.466 e. The molecule has 0 aliphatic carbocycles. The van der Waals surface area contributed by atoms with Crippen LogP contribution < -0.4 is 0 Å². The molecule has 3 nitrogen and oxygen atoms in total. The van der Waals surface area contributed by atoms with E-state index in [9.17, 15) is 4.79 Å². The maximum atomic E-state index is 11.1. The van der Waals surface area contributed by atoms with Gasteiger partial charge in [0.2, 0.25) is 0 Å². The van der Waals surface area contributed by atoms with Crippen LogP contribution in [-0.4, -0.2) is 37.6 Å². The van der Waals surface area contributed by atoms with Crippen LogP contribution in [-0.2, 0) is 9.53 Å². The second kappa shape index (κ2) is 11.9. The zero-order chi connectivity index (χ0) is 12.9. The quantitative estimate of drug-likeness (QED) is 0.412. The number of ether oxygens (including phenoxy) is 1. The van der Waals surface area contributed by atoms with Crippen molar-refractivity contribution in [1.82, 2.24) is 4.90 Å². The van der Waals surface area contributed by atoms with Gasteiger partial charge in [-0.1, -0.05) is 39.0 Å². The summed E-state index contributed by atoms with van der Waals surface area (Å²) in [5, 5.41) is 0. The van der Waals surface area contributed by atoms with E-state index in [1.165, 1.54) is 38.5 Å². The first kappa shape index (κ1) is 16.4. The number of carbonyl (C=O) groups excluding carboxylic acids is 1. The smallest absolute Gasteiger partial charge is 0.307 e. The SMILES string of the molecule is CCCCCCCCN(C)CCC(=O)OCC. The van der Waals surface area contributed by atoms with E-state index in [4.69, 9.17) is 4.74 Å². The summed E-state index contributed by atoms with van der Waals surface area (Å²) < 4.78 is 4.90. The third-order valence-corrected chi connectivity index (χ3v) is 2.90. The van der Waals surface area contributed by atoms with Gasteiger partial charge in [0.1, 0.15) is 0 Å². The van der Waals surface area contributed by atoms with Crippen LogP contribution in [0.4, 0.5) is 0 Å². The summed E-state index contributed by atoms with van der Waals surface area (Å²) in [6.45, 7) is 6.47. The van der Waals surface area contributed by atoms with E-state index >= 15 is 0 Å². The van der Waals surface area contributed by atoms with E-state index in [0.29, 0.717) is 13.0 Å². The van der Waals surface area contributed by atoms with Gasteiger partial charge in [-0.25, -0.2) is 0 Å². The second-order valence-corrected chi connectivity index (χ2v) is 4.63. The van der Waals surface area contributed by atoms with Crippen molar-refractivity contribution in [3.05, 3.63) is 0 Å². The van der Waals surface area contributed by atoms with Crippen molar-refractivity contribution in [2.75, 3.05) is 26.7 Å². The molecule has 0 N–H and O–H groups in total. The van der Waals surface area contributed by atoms with Gasteiger partial charge >= 0.3 is 5.97 Å². The Morgan fingerprint density at radius 1 is 1.00 bits per heavy atom. The number of rotatable bonds is 11. The van der Waals surface area contributed by atoms with Gasteiger partial charge < -0.3 is 9.64 Å². The summed E-state index contributed by atoms with van der Waals surface area (Å²) in [6.07, 6.45) is 8.44. The van der Waals surface area contributed by atoms with E-state index in [1.54, 1.807) is 0 Å². The van der Waals surface area contributed by atoms with Gasteiger partial charge in [0.05, 0.1) is 13.0 Å². The Morgan fingerprint density at radius 2 is 1.65 bits per heavy atom. The summed E-state index contributed by atoms with van der Waals surface area (Å²) in [6, 6.07) is 0. The van der Waals surface area contributed by atoms with Gasteiger partial charge in [-0.15, -0.1) is 0 Å². The number of nitrogens with zero attached hydrogens (tertiary/aromatic N) is 1. The van der Waals surface area contributed by atoms with Crippen molar-refractivity contribution >= 4 is 5.97 Å². The fraction of sp³-hybridized carbons (Fsp3) is 0.929. The molecule has 0 aliphatic rings. The van der Waals surface area contributed by atoms with Crippen molar-refractivity contribution in [3.8, 4) is 0 Å². The molecule has 0 aromatic rings. The average molecular weight is 243 g/mol. The zero-order valence-corrected chi connectivity index (χ0v) is 11.8. The van der Waals surface area contributed by atoms with Crippen molar-refractivity contribution in [2.24, 2.45) is 0 Å². The summed E-state index contributed by atoms with van der Waals surface area (Å²) in [4.78, 5) is 13.4. The van der Waals surface area contributed by atoms with E-state index < -0.39 is 0 Å². The lowest BCUT2D eigenvalue weighted by molar-refractivity contribution is -0.143. The van der Waals surface area contributed by atoms with Crippen molar-refractivity contribution < 1.29 is 9.53 Å². The highest BCUT2D eigenvalue weighted by molar-refractivity contribution is 5.69. The first-order chi connectivity index (χ1) is 8.20. The molecule has 0 bridgehead atoms. The molecule has 0 spiro atoms. The Morgan fingerprint density at radius 3 is 2.29 bits per heavy atom. The van der Waals surface area contributed by atoms with Crippen molar-refractivity contribution in [3.63, 3.8) is 0 Å². The highest BCUT2D eigenvalue weighted by Gasteiger charge is 2.04. The summed E-state index contributed by atoms with van der Waals surface area (Å²) in [5.41, 5.74) is 0. The lowest BCUT2D eigenvalue weighted by atomic mass is 10.1. The Bertz CT molecular complexity index is 183. The van der Waals surface area contributed by atoms with Crippen LogP contribution >= 0.6 is 0 Å². The Kier molecular flexibility index (Phi) is 11.5. The molecule has 0 aromatic carbocycles. The molecule has 0 heterocycles. The monoisotopic (exact) mass is 243 g/mol. The van der Waals surface area contributed by atoms with Gasteiger partial charge in [0.15, 0.2) is 0 Å². The predicted octanol–water partition coefficient (Wildman–Crippen LogP) is 3.23. The van der Waals surface area contributed by atoms with Gasteiger partial charge in [-0.05, 0) is 26.9 Å². The Labute approximate surface area is 107 Å². The molecule has 0 saturated heterocycles. The van der Waals surface area contributed by atoms with Crippen LogP contribution in [0.15, 0.2) is 0 Å².